The van der Waals surface area contributed by atoms with Crippen molar-refractivity contribution in [2.24, 2.45) is 5.16 Å². The summed E-state index contributed by atoms with van der Waals surface area (Å²) < 4.78 is 8.13. The molecule has 0 unspecified atom stereocenters. The zero-order chi connectivity index (χ0) is 21.6. The zero-order valence-electron chi connectivity index (χ0n) is 16.8. The second-order valence-corrected chi connectivity index (χ2v) is 7.59. The van der Waals surface area contributed by atoms with E-state index in [1.165, 1.54) is 7.11 Å². The van der Waals surface area contributed by atoms with Crippen LogP contribution in [0.3, 0.4) is 0 Å². The van der Waals surface area contributed by atoms with Crippen molar-refractivity contribution in [2.75, 3.05) is 7.11 Å². The smallest absolute Gasteiger partial charge is 0.174 e. The van der Waals surface area contributed by atoms with E-state index in [-0.39, 0.29) is 6.61 Å². The monoisotopic (exact) mass is 458 g/mol. The Morgan fingerprint density at radius 3 is 2.74 bits per heavy atom. The molecule has 0 atom stereocenters. The summed E-state index contributed by atoms with van der Waals surface area (Å²) in [6.07, 6.45) is 3.26. The zero-order valence-corrected chi connectivity index (χ0v) is 18.3. The fourth-order valence-corrected chi connectivity index (χ4v) is 3.84. The fraction of sp³-hybridized carbons (Fsp3) is 0.238. The molecule has 31 heavy (non-hydrogen) atoms. The van der Waals surface area contributed by atoms with Crippen LogP contribution in [-0.2, 0) is 24.4 Å². The van der Waals surface area contributed by atoms with E-state index in [1.807, 2.05) is 30.3 Å². The highest BCUT2D eigenvalue weighted by molar-refractivity contribution is 6.35. The summed E-state index contributed by atoms with van der Waals surface area (Å²) in [5, 5.41) is 20.2. The van der Waals surface area contributed by atoms with Gasteiger partial charge in [0, 0.05) is 39.5 Å². The van der Waals surface area contributed by atoms with Crippen LogP contribution in [0.25, 0.3) is 10.9 Å². The van der Waals surface area contributed by atoms with E-state index >= 15 is 0 Å². The number of H-pyrrole nitrogens is 1. The molecular formula is C21H20Cl2N6O2. The molecule has 8 nitrogen and oxygen atoms in total. The first kappa shape index (κ1) is 21.1. The quantitative estimate of drug-likeness (QED) is 0.291. The number of ether oxygens (including phenoxy) is 1. The molecule has 4 rings (SSSR count). The molecule has 2 aromatic heterocycles. The van der Waals surface area contributed by atoms with Crippen molar-refractivity contribution in [3.8, 4) is 5.75 Å². The first-order chi connectivity index (χ1) is 15.2. The van der Waals surface area contributed by atoms with Crippen LogP contribution in [0.1, 0.15) is 23.5 Å². The summed E-state index contributed by atoms with van der Waals surface area (Å²) in [5.41, 5.74) is 2.75. The molecule has 2 aromatic carbocycles. The molecule has 160 valence electrons. The minimum Gasteiger partial charge on any atom is -0.489 e. The van der Waals surface area contributed by atoms with Crippen LogP contribution in [0.4, 0.5) is 0 Å². The Balaban J connectivity index is 1.54. The SMILES string of the molecule is CO/N=C\c1cc2cc(OCc3c(Cl)cccc3Cl)ccc2n1CCCc1nn[nH]n1. The Kier molecular flexibility index (Phi) is 6.69. The number of halogens is 2. The summed E-state index contributed by atoms with van der Waals surface area (Å²) in [6, 6.07) is 13.4. The van der Waals surface area contributed by atoms with E-state index in [0.717, 1.165) is 47.3 Å². The molecule has 0 saturated carbocycles. The lowest BCUT2D eigenvalue weighted by molar-refractivity contribution is 0.215. The minimum atomic E-state index is 0.285. The number of tetrazole rings is 1. The van der Waals surface area contributed by atoms with Crippen LogP contribution >= 0.6 is 23.2 Å². The number of aromatic amines is 1. The van der Waals surface area contributed by atoms with Gasteiger partial charge in [-0.2, -0.15) is 5.21 Å². The van der Waals surface area contributed by atoms with Gasteiger partial charge in [-0.1, -0.05) is 39.6 Å². The van der Waals surface area contributed by atoms with Crippen molar-refractivity contribution in [2.45, 2.75) is 26.0 Å². The molecule has 0 saturated heterocycles. The van der Waals surface area contributed by atoms with Crippen molar-refractivity contribution in [1.29, 1.82) is 0 Å². The van der Waals surface area contributed by atoms with Gasteiger partial charge >= 0.3 is 0 Å². The Hall–Kier alpha value is -3.10. The van der Waals surface area contributed by atoms with Crippen molar-refractivity contribution < 1.29 is 9.57 Å². The molecule has 0 aliphatic heterocycles. The summed E-state index contributed by atoms with van der Waals surface area (Å²) in [4.78, 5) is 4.87. The van der Waals surface area contributed by atoms with Gasteiger partial charge in [-0.15, -0.1) is 10.2 Å². The van der Waals surface area contributed by atoms with E-state index in [0.29, 0.717) is 15.9 Å². The maximum absolute atomic E-state index is 6.24. The van der Waals surface area contributed by atoms with Gasteiger partial charge in [0.25, 0.3) is 0 Å². The largest absolute Gasteiger partial charge is 0.489 e. The van der Waals surface area contributed by atoms with Gasteiger partial charge < -0.3 is 14.1 Å². The van der Waals surface area contributed by atoms with Crippen molar-refractivity contribution in [1.82, 2.24) is 25.2 Å². The molecule has 0 aliphatic rings. The maximum atomic E-state index is 6.24. The van der Waals surface area contributed by atoms with Crippen LogP contribution in [0.5, 0.6) is 5.75 Å². The highest BCUT2D eigenvalue weighted by Gasteiger charge is 2.11. The van der Waals surface area contributed by atoms with Gasteiger partial charge in [-0.05, 0) is 42.8 Å². The number of hydrogen-bond donors (Lipinski definition) is 1. The Bertz CT molecular complexity index is 1170. The first-order valence-corrected chi connectivity index (χ1v) is 10.4. The van der Waals surface area contributed by atoms with Gasteiger partial charge in [0.05, 0.1) is 11.9 Å². The molecule has 0 spiro atoms. The lowest BCUT2D eigenvalue weighted by Gasteiger charge is -2.10. The predicted octanol–water partition coefficient (Wildman–Crippen LogP) is 4.65. The molecule has 10 heteroatoms. The number of aryl methyl sites for hydroxylation is 2. The van der Waals surface area contributed by atoms with E-state index in [2.05, 4.69) is 30.3 Å². The molecular weight excluding hydrogens is 439 g/mol. The van der Waals surface area contributed by atoms with Gasteiger partial charge in [0.15, 0.2) is 5.82 Å². The van der Waals surface area contributed by atoms with Gasteiger partial charge in [0.2, 0.25) is 0 Å². The van der Waals surface area contributed by atoms with E-state index in [9.17, 15) is 0 Å². The molecule has 1 N–H and O–H groups in total. The van der Waals surface area contributed by atoms with Crippen molar-refractivity contribution in [3.05, 3.63) is 69.6 Å². The van der Waals surface area contributed by atoms with Crippen LogP contribution in [0, 0.1) is 0 Å². The van der Waals surface area contributed by atoms with Gasteiger partial charge in [0.1, 0.15) is 19.5 Å². The Morgan fingerprint density at radius 2 is 2.00 bits per heavy atom. The number of nitrogens with one attached hydrogen (secondary N) is 1. The van der Waals surface area contributed by atoms with Crippen LogP contribution in [0.15, 0.2) is 47.6 Å². The third kappa shape index (κ3) is 4.98. The molecule has 0 amide bonds. The summed E-state index contributed by atoms with van der Waals surface area (Å²) in [7, 11) is 1.52. The van der Waals surface area contributed by atoms with Crippen molar-refractivity contribution >= 4 is 40.3 Å². The second kappa shape index (κ2) is 9.80. The molecule has 4 aromatic rings. The summed E-state index contributed by atoms with van der Waals surface area (Å²) in [5.74, 6) is 1.42. The lowest BCUT2D eigenvalue weighted by atomic mass is 10.2. The number of hydrogen-bond acceptors (Lipinski definition) is 6. The summed E-state index contributed by atoms with van der Waals surface area (Å²) in [6.45, 7) is 1.05. The molecule has 2 heterocycles. The molecule has 0 radical (unpaired) electrons. The molecule has 0 aliphatic carbocycles. The predicted molar refractivity (Wildman–Crippen MR) is 120 cm³/mol. The average Bonchev–Trinajstić information content (AvgIpc) is 3.40. The van der Waals surface area contributed by atoms with Crippen LogP contribution < -0.4 is 4.74 Å². The van der Waals surface area contributed by atoms with E-state index in [1.54, 1.807) is 18.3 Å². The summed E-state index contributed by atoms with van der Waals surface area (Å²) >= 11 is 12.5. The maximum Gasteiger partial charge on any atom is 0.174 e. The fourth-order valence-electron chi connectivity index (χ4n) is 3.33. The average molecular weight is 459 g/mol. The number of rotatable bonds is 9. The third-order valence-electron chi connectivity index (χ3n) is 4.81. The standard InChI is InChI=1S/C21H20Cl2N6O2/c1-30-24-12-15-10-14-11-16(31-13-17-18(22)4-2-5-19(17)23)7-8-20(14)29(15)9-3-6-21-25-27-28-26-21/h2,4-5,7-8,10-12H,3,6,9,13H2,1H3,(H,25,26,27,28)/b24-12-. The Morgan fingerprint density at radius 1 is 1.16 bits per heavy atom. The Labute approximate surface area is 188 Å². The number of benzene rings is 2. The van der Waals surface area contributed by atoms with E-state index < -0.39 is 0 Å². The minimum absolute atomic E-state index is 0.285. The molecule has 0 bridgehead atoms. The van der Waals surface area contributed by atoms with Gasteiger partial charge in [-0.3, -0.25) is 0 Å². The first-order valence-electron chi connectivity index (χ1n) is 9.63. The van der Waals surface area contributed by atoms with Crippen LogP contribution in [-0.4, -0.2) is 38.5 Å². The lowest BCUT2D eigenvalue weighted by Crippen LogP contribution is -2.04. The van der Waals surface area contributed by atoms with Crippen molar-refractivity contribution in [3.63, 3.8) is 0 Å². The van der Waals surface area contributed by atoms with Crippen LogP contribution in [0.2, 0.25) is 10.0 Å². The highest BCUT2D eigenvalue weighted by atomic mass is 35.5. The second-order valence-electron chi connectivity index (χ2n) is 6.78. The topological polar surface area (TPSA) is 90.2 Å². The van der Waals surface area contributed by atoms with E-state index in [4.69, 9.17) is 32.8 Å². The third-order valence-corrected chi connectivity index (χ3v) is 5.52. The number of oxime groups is 1. The molecule has 0 fully saturated rings. The number of fused-ring (bicyclic) bond motifs is 1. The number of nitrogens with zero attached hydrogens (tertiary/aromatic N) is 5. The normalized spacial score (nSPS) is 11.5. The number of aromatic nitrogens is 5. The highest BCUT2D eigenvalue weighted by Crippen LogP contribution is 2.28. The van der Waals surface area contributed by atoms with Gasteiger partial charge in [-0.25, -0.2) is 0 Å².